The maximum Gasteiger partial charge on any atom is 0.328 e. The molecule has 1 atom stereocenters. The van der Waals surface area contributed by atoms with E-state index in [0.717, 1.165) is 19.6 Å². The maximum atomic E-state index is 11.1. The third-order valence-corrected chi connectivity index (χ3v) is 3.04. The molecule has 0 aliphatic carbocycles. The lowest BCUT2D eigenvalue weighted by Gasteiger charge is -2.23. The number of likely N-dealkylation sites (N-methyl/N-ethyl adjacent to an activating group) is 1. The van der Waals surface area contributed by atoms with Crippen LogP contribution in [0.15, 0.2) is 12.3 Å². The summed E-state index contributed by atoms with van der Waals surface area (Å²) in [6, 6.07) is 3.16. The number of nitriles is 1. The minimum Gasteiger partial charge on any atom is -0.361 e. The molecule has 0 saturated carbocycles. The molecule has 7 nitrogen and oxygen atoms in total. The standard InChI is InChI=1S/C13H19N5O2/c1-4-17(5-2)9-10(3)16-13-12(18(19)20)11(8-14)6-7-15-13/h6-7,10H,4-5,9H2,1-3H3,(H,15,16). The number of nitro groups is 1. The van der Waals surface area contributed by atoms with Crippen molar-refractivity contribution < 1.29 is 4.92 Å². The summed E-state index contributed by atoms with van der Waals surface area (Å²) in [7, 11) is 0. The summed E-state index contributed by atoms with van der Waals surface area (Å²) in [5, 5.41) is 23.0. The lowest BCUT2D eigenvalue weighted by molar-refractivity contribution is -0.384. The van der Waals surface area contributed by atoms with E-state index in [1.54, 1.807) is 0 Å². The van der Waals surface area contributed by atoms with Gasteiger partial charge in [-0.15, -0.1) is 0 Å². The number of hydrogen-bond donors (Lipinski definition) is 1. The summed E-state index contributed by atoms with van der Waals surface area (Å²) in [6.45, 7) is 8.64. The Morgan fingerprint density at radius 2 is 2.20 bits per heavy atom. The van der Waals surface area contributed by atoms with Gasteiger partial charge in [-0.05, 0) is 26.1 Å². The number of nitrogens with zero attached hydrogens (tertiary/aromatic N) is 4. The molecule has 1 heterocycles. The van der Waals surface area contributed by atoms with Gasteiger partial charge in [0, 0.05) is 18.8 Å². The number of anilines is 1. The molecule has 0 aliphatic rings. The van der Waals surface area contributed by atoms with Crippen molar-refractivity contribution in [1.29, 1.82) is 5.26 Å². The zero-order chi connectivity index (χ0) is 15.1. The Bertz CT molecular complexity index is 508. The van der Waals surface area contributed by atoms with E-state index in [1.165, 1.54) is 12.3 Å². The first-order valence-electron chi connectivity index (χ1n) is 6.55. The fourth-order valence-electron chi connectivity index (χ4n) is 1.98. The molecular formula is C13H19N5O2. The fraction of sp³-hybridized carbons (Fsp3) is 0.538. The van der Waals surface area contributed by atoms with Crippen LogP contribution in [0.25, 0.3) is 0 Å². The van der Waals surface area contributed by atoms with Gasteiger partial charge in [-0.2, -0.15) is 5.26 Å². The summed E-state index contributed by atoms with van der Waals surface area (Å²) in [4.78, 5) is 16.7. The molecule has 0 aliphatic heterocycles. The van der Waals surface area contributed by atoms with Gasteiger partial charge < -0.3 is 10.2 Å². The molecule has 0 aromatic carbocycles. The topological polar surface area (TPSA) is 95.1 Å². The average molecular weight is 277 g/mol. The van der Waals surface area contributed by atoms with Crippen LogP contribution in [-0.2, 0) is 0 Å². The van der Waals surface area contributed by atoms with Crippen LogP contribution in [0.1, 0.15) is 26.3 Å². The molecule has 0 bridgehead atoms. The highest BCUT2D eigenvalue weighted by atomic mass is 16.6. The highest BCUT2D eigenvalue weighted by molar-refractivity contribution is 5.64. The fourth-order valence-corrected chi connectivity index (χ4v) is 1.98. The molecule has 0 fully saturated rings. The Labute approximate surface area is 118 Å². The molecule has 0 radical (unpaired) electrons. The van der Waals surface area contributed by atoms with Gasteiger partial charge in [-0.3, -0.25) is 10.1 Å². The summed E-state index contributed by atoms with van der Waals surface area (Å²) in [5.41, 5.74) is -0.246. The van der Waals surface area contributed by atoms with Crippen LogP contribution in [0, 0.1) is 21.4 Å². The lowest BCUT2D eigenvalue weighted by atomic mass is 10.2. The second-order valence-electron chi connectivity index (χ2n) is 4.46. The van der Waals surface area contributed by atoms with E-state index < -0.39 is 4.92 Å². The van der Waals surface area contributed by atoms with Crippen molar-refractivity contribution >= 4 is 11.5 Å². The average Bonchev–Trinajstić information content (AvgIpc) is 2.43. The predicted molar refractivity (Wildman–Crippen MR) is 76.5 cm³/mol. The summed E-state index contributed by atoms with van der Waals surface area (Å²) < 4.78 is 0. The molecule has 1 rings (SSSR count). The van der Waals surface area contributed by atoms with Crippen LogP contribution in [0.2, 0.25) is 0 Å². The Kier molecular flexibility index (Phi) is 5.87. The highest BCUT2D eigenvalue weighted by Crippen LogP contribution is 2.26. The molecule has 1 aromatic rings. The Morgan fingerprint density at radius 3 is 2.70 bits per heavy atom. The molecule has 20 heavy (non-hydrogen) atoms. The van der Waals surface area contributed by atoms with E-state index in [9.17, 15) is 10.1 Å². The highest BCUT2D eigenvalue weighted by Gasteiger charge is 2.22. The predicted octanol–water partition coefficient (Wildman–Crippen LogP) is 2.00. The van der Waals surface area contributed by atoms with E-state index in [1.807, 2.05) is 13.0 Å². The molecule has 1 N–H and O–H groups in total. The largest absolute Gasteiger partial charge is 0.361 e. The number of pyridine rings is 1. The minimum atomic E-state index is -0.571. The van der Waals surface area contributed by atoms with Crippen molar-refractivity contribution in [3.8, 4) is 6.07 Å². The lowest BCUT2D eigenvalue weighted by Crippen LogP contribution is -2.35. The zero-order valence-electron chi connectivity index (χ0n) is 12.0. The Hall–Kier alpha value is -2.20. The SMILES string of the molecule is CCN(CC)CC(C)Nc1nccc(C#N)c1[N+](=O)[O-]. The molecule has 7 heteroatoms. The van der Waals surface area contributed by atoms with Crippen LogP contribution < -0.4 is 5.32 Å². The molecular weight excluding hydrogens is 258 g/mol. The number of rotatable bonds is 7. The second-order valence-corrected chi connectivity index (χ2v) is 4.46. The van der Waals surface area contributed by atoms with Gasteiger partial charge in [0.1, 0.15) is 11.6 Å². The molecule has 0 amide bonds. The first-order valence-corrected chi connectivity index (χ1v) is 6.55. The number of hydrogen-bond acceptors (Lipinski definition) is 6. The zero-order valence-corrected chi connectivity index (χ0v) is 12.0. The van der Waals surface area contributed by atoms with Crippen LogP contribution in [0.3, 0.4) is 0 Å². The molecule has 108 valence electrons. The van der Waals surface area contributed by atoms with Gasteiger partial charge in [-0.25, -0.2) is 4.98 Å². The third kappa shape index (κ3) is 3.90. The van der Waals surface area contributed by atoms with Crippen molar-refractivity contribution in [1.82, 2.24) is 9.88 Å². The molecule has 1 aromatic heterocycles. The van der Waals surface area contributed by atoms with Crippen molar-refractivity contribution in [2.75, 3.05) is 25.0 Å². The van der Waals surface area contributed by atoms with Crippen LogP contribution in [0.5, 0.6) is 0 Å². The molecule has 1 unspecified atom stereocenters. The first-order chi connectivity index (χ1) is 9.53. The third-order valence-electron chi connectivity index (χ3n) is 3.04. The maximum absolute atomic E-state index is 11.1. The van der Waals surface area contributed by atoms with E-state index in [0.29, 0.717) is 0 Å². The first kappa shape index (κ1) is 15.9. The van der Waals surface area contributed by atoms with Crippen molar-refractivity contribution in [3.63, 3.8) is 0 Å². The quantitative estimate of drug-likeness (QED) is 0.605. The minimum absolute atomic E-state index is 0.00459. The summed E-state index contributed by atoms with van der Waals surface area (Å²) in [5.74, 6) is 0.147. The van der Waals surface area contributed by atoms with Crippen LogP contribution >= 0.6 is 0 Å². The molecule has 0 saturated heterocycles. The second kappa shape index (κ2) is 7.40. The monoisotopic (exact) mass is 277 g/mol. The van der Waals surface area contributed by atoms with Gasteiger partial charge >= 0.3 is 5.69 Å². The van der Waals surface area contributed by atoms with E-state index in [-0.39, 0.29) is 23.1 Å². The van der Waals surface area contributed by atoms with Crippen molar-refractivity contribution in [2.45, 2.75) is 26.8 Å². The van der Waals surface area contributed by atoms with Gasteiger partial charge in [0.25, 0.3) is 0 Å². The number of nitrogens with one attached hydrogen (secondary N) is 1. The van der Waals surface area contributed by atoms with Crippen molar-refractivity contribution in [3.05, 3.63) is 27.9 Å². The van der Waals surface area contributed by atoms with E-state index in [2.05, 4.69) is 29.0 Å². The van der Waals surface area contributed by atoms with Gasteiger partial charge in [0.15, 0.2) is 0 Å². The number of aromatic nitrogens is 1. The van der Waals surface area contributed by atoms with Gasteiger partial charge in [0.05, 0.1) is 4.92 Å². The molecule has 0 spiro atoms. The van der Waals surface area contributed by atoms with Crippen LogP contribution in [0.4, 0.5) is 11.5 Å². The summed E-state index contributed by atoms with van der Waals surface area (Å²) in [6.07, 6.45) is 1.40. The summed E-state index contributed by atoms with van der Waals surface area (Å²) >= 11 is 0. The normalized spacial score (nSPS) is 11.9. The Balaban J connectivity index is 2.92. The van der Waals surface area contributed by atoms with Gasteiger partial charge in [0.2, 0.25) is 5.82 Å². The van der Waals surface area contributed by atoms with Crippen molar-refractivity contribution in [2.24, 2.45) is 0 Å². The van der Waals surface area contributed by atoms with E-state index >= 15 is 0 Å². The Morgan fingerprint density at radius 1 is 1.55 bits per heavy atom. The smallest absolute Gasteiger partial charge is 0.328 e. The van der Waals surface area contributed by atoms with E-state index in [4.69, 9.17) is 5.26 Å². The van der Waals surface area contributed by atoms with Gasteiger partial charge in [-0.1, -0.05) is 13.8 Å². The van der Waals surface area contributed by atoms with Crippen LogP contribution in [-0.4, -0.2) is 40.5 Å².